The van der Waals surface area contributed by atoms with Gasteiger partial charge in [-0.15, -0.1) is 0 Å². The summed E-state index contributed by atoms with van der Waals surface area (Å²) >= 11 is 5.88. The second-order valence-electron chi connectivity index (χ2n) is 4.55. The number of aliphatic hydroxyl groups excluding tert-OH is 1. The maximum absolute atomic E-state index is 12.9. The molecule has 1 unspecified atom stereocenters. The van der Waals surface area contributed by atoms with Crippen LogP contribution in [0.2, 0.25) is 5.02 Å². The zero-order chi connectivity index (χ0) is 14.9. The standard InChI is InChI=1S/C15H12ClF3O/c1-9-6-10(8-11(16)7-9)14(20)12-4-2-3-5-13(12)15(17,18)19/h2-8,14,20H,1H3. The summed E-state index contributed by atoms with van der Waals surface area (Å²) in [6, 6.07) is 9.73. The van der Waals surface area contributed by atoms with Gasteiger partial charge in [0.2, 0.25) is 0 Å². The van der Waals surface area contributed by atoms with Crippen molar-refractivity contribution in [3.8, 4) is 0 Å². The lowest BCUT2D eigenvalue weighted by Crippen LogP contribution is -2.12. The summed E-state index contributed by atoms with van der Waals surface area (Å²) < 4.78 is 38.8. The van der Waals surface area contributed by atoms with Crippen LogP contribution < -0.4 is 0 Å². The summed E-state index contributed by atoms with van der Waals surface area (Å²) in [5, 5.41) is 10.6. The first kappa shape index (κ1) is 14.9. The highest BCUT2D eigenvalue weighted by molar-refractivity contribution is 6.30. The molecule has 0 saturated heterocycles. The van der Waals surface area contributed by atoms with E-state index < -0.39 is 17.8 Å². The number of halogens is 4. The van der Waals surface area contributed by atoms with Gasteiger partial charge >= 0.3 is 6.18 Å². The maximum atomic E-state index is 12.9. The average molecular weight is 301 g/mol. The van der Waals surface area contributed by atoms with Crippen LogP contribution in [-0.4, -0.2) is 5.11 Å². The predicted molar refractivity (Wildman–Crippen MR) is 71.7 cm³/mol. The molecule has 0 radical (unpaired) electrons. The highest BCUT2D eigenvalue weighted by Crippen LogP contribution is 2.36. The van der Waals surface area contributed by atoms with Crippen molar-refractivity contribution in [2.24, 2.45) is 0 Å². The van der Waals surface area contributed by atoms with Crippen LogP contribution in [0.4, 0.5) is 13.2 Å². The minimum Gasteiger partial charge on any atom is -0.384 e. The lowest BCUT2D eigenvalue weighted by atomic mass is 9.95. The third-order valence-corrected chi connectivity index (χ3v) is 3.16. The Labute approximate surface area is 119 Å². The first-order valence-electron chi connectivity index (χ1n) is 5.90. The van der Waals surface area contributed by atoms with Gasteiger partial charge in [0.25, 0.3) is 0 Å². The molecule has 0 aliphatic heterocycles. The fraction of sp³-hybridized carbons (Fsp3) is 0.200. The lowest BCUT2D eigenvalue weighted by Gasteiger charge is -2.18. The Hall–Kier alpha value is -1.52. The van der Waals surface area contributed by atoms with E-state index in [1.54, 1.807) is 19.1 Å². The fourth-order valence-corrected chi connectivity index (χ4v) is 2.39. The molecule has 0 bridgehead atoms. The molecule has 0 aromatic heterocycles. The minimum atomic E-state index is -4.51. The van der Waals surface area contributed by atoms with Crippen LogP contribution in [0.5, 0.6) is 0 Å². The third kappa shape index (κ3) is 3.14. The van der Waals surface area contributed by atoms with Crippen LogP contribution in [0.15, 0.2) is 42.5 Å². The lowest BCUT2D eigenvalue weighted by molar-refractivity contribution is -0.139. The van der Waals surface area contributed by atoms with E-state index in [2.05, 4.69) is 0 Å². The Balaban J connectivity index is 2.51. The Kier molecular flexibility index (Phi) is 4.06. The Morgan fingerprint density at radius 1 is 1.10 bits per heavy atom. The van der Waals surface area contributed by atoms with E-state index in [1.807, 2.05) is 0 Å². The molecule has 2 aromatic rings. The van der Waals surface area contributed by atoms with Gasteiger partial charge in [0.1, 0.15) is 6.10 Å². The van der Waals surface area contributed by atoms with E-state index >= 15 is 0 Å². The van der Waals surface area contributed by atoms with Gasteiger partial charge in [-0.1, -0.05) is 35.9 Å². The van der Waals surface area contributed by atoms with E-state index in [0.717, 1.165) is 11.6 Å². The molecule has 2 aromatic carbocycles. The quantitative estimate of drug-likeness (QED) is 0.848. The Morgan fingerprint density at radius 2 is 1.75 bits per heavy atom. The molecule has 1 nitrogen and oxygen atoms in total. The van der Waals surface area contributed by atoms with Crippen LogP contribution in [0.3, 0.4) is 0 Å². The van der Waals surface area contributed by atoms with Crippen LogP contribution in [0, 0.1) is 6.92 Å². The maximum Gasteiger partial charge on any atom is 0.416 e. The van der Waals surface area contributed by atoms with Crippen molar-refractivity contribution < 1.29 is 18.3 Å². The molecule has 0 aliphatic rings. The number of benzene rings is 2. The number of aliphatic hydroxyl groups is 1. The third-order valence-electron chi connectivity index (χ3n) is 2.94. The molecule has 0 fully saturated rings. The van der Waals surface area contributed by atoms with Gasteiger partial charge in [0.05, 0.1) is 5.56 Å². The van der Waals surface area contributed by atoms with Crippen molar-refractivity contribution in [2.75, 3.05) is 0 Å². The number of aryl methyl sites for hydroxylation is 1. The van der Waals surface area contributed by atoms with Crippen molar-refractivity contribution in [1.29, 1.82) is 0 Å². The van der Waals surface area contributed by atoms with E-state index in [0.29, 0.717) is 10.6 Å². The molecule has 0 amide bonds. The van der Waals surface area contributed by atoms with Crippen LogP contribution in [0.25, 0.3) is 0 Å². The molecule has 106 valence electrons. The molecular formula is C15H12ClF3O. The van der Waals surface area contributed by atoms with Crippen LogP contribution in [-0.2, 0) is 6.18 Å². The summed E-state index contributed by atoms with van der Waals surface area (Å²) in [5.74, 6) is 0. The summed E-state index contributed by atoms with van der Waals surface area (Å²) in [4.78, 5) is 0. The molecule has 0 aliphatic carbocycles. The Morgan fingerprint density at radius 3 is 2.35 bits per heavy atom. The van der Waals surface area contributed by atoms with Gasteiger partial charge in [-0.2, -0.15) is 13.2 Å². The van der Waals surface area contributed by atoms with E-state index in [1.165, 1.54) is 24.3 Å². The highest BCUT2D eigenvalue weighted by atomic mass is 35.5. The largest absolute Gasteiger partial charge is 0.416 e. The molecule has 2 rings (SSSR count). The molecule has 0 saturated carbocycles. The zero-order valence-electron chi connectivity index (χ0n) is 10.6. The molecule has 1 atom stereocenters. The SMILES string of the molecule is Cc1cc(Cl)cc(C(O)c2ccccc2C(F)(F)F)c1. The number of rotatable bonds is 2. The average Bonchev–Trinajstić information content (AvgIpc) is 2.35. The Bertz CT molecular complexity index is 603. The normalized spacial score (nSPS) is 13.3. The van der Waals surface area contributed by atoms with Gasteiger partial charge in [-0.05, 0) is 41.8 Å². The molecule has 1 N–H and O–H groups in total. The topological polar surface area (TPSA) is 20.2 Å². The second kappa shape index (κ2) is 5.46. The number of hydrogen-bond donors (Lipinski definition) is 1. The smallest absolute Gasteiger partial charge is 0.384 e. The monoisotopic (exact) mass is 300 g/mol. The van der Waals surface area contributed by atoms with Crippen molar-refractivity contribution in [2.45, 2.75) is 19.2 Å². The number of hydrogen-bond acceptors (Lipinski definition) is 1. The van der Waals surface area contributed by atoms with Crippen molar-refractivity contribution >= 4 is 11.6 Å². The first-order valence-corrected chi connectivity index (χ1v) is 6.28. The molecule has 5 heteroatoms. The highest BCUT2D eigenvalue weighted by Gasteiger charge is 2.34. The van der Waals surface area contributed by atoms with Gasteiger partial charge in [-0.25, -0.2) is 0 Å². The predicted octanol–water partition coefficient (Wildman–Crippen LogP) is 4.75. The number of alkyl halides is 3. The minimum absolute atomic E-state index is 0.179. The zero-order valence-corrected chi connectivity index (χ0v) is 11.3. The van der Waals surface area contributed by atoms with Crippen LogP contribution in [0.1, 0.15) is 28.4 Å². The van der Waals surface area contributed by atoms with E-state index in [4.69, 9.17) is 11.6 Å². The van der Waals surface area contributed by atoms with Crippen molar-refractivity contribution in [3.63, 3.8) is 0 Å². The van der Waals surface area contributed by atoms with Crippen molar-refractivity contribution in [3.05, 3.63) is 69.7 Å². The summed E-state index contributed by atoms with van der Waals surface area (Å²) in [6.45, 7) is 1.76. The van der Waals surface area contributed by atoms with Gasteiger partial charge in [-0.3, -0.25) is 0 Å². The van der Waals surface area contributed by atoms with Gasteiger partial charge < -0.3 is 5.11 Å². The van der Waals surface area contributed by atoms with Crippen molar-refractivity contribution in [1.82, 2.24) is 0 Å². The van der Waals surface area contributed by atoms with E-state index in [9.17, 15) is 18.3 Å². The molecule has 0 heterocycles. The molecule has 20 heavy (non-hydrogen) atoms. The van der Waals surface area contributed by atoms with Crippen LogP contribution >= 0.6 is 11.6 Å². The summed E-state index contributed by atoms with van der Waals surface area (Å²) in [6.07, 6.45) is -5.88. The van der Waals surface area contributed by atoms with Gasteiger partial charge in [0.15, 0.2) is 0 Å². The summed E-state index contributed by atoms with van der Waals surface area (Å²) in [7, 11) is 0. The van der Waals surface area contributed by atoms with Gasteiger partial charge in [0, 0.05) is 5.02 Å². The first-order chi connectivity index (χ1) is 9.29. The second-order valence-corrected chi connectivity index (χ2v) is 4.99. The molecular weight excluding hydrogens is 289 g/mol. The summed E-state index contributed by atoms with van der Waals surface area (Å²) in [5.41, 5.74) is 0.0922. The molecule has 0 spiro atoms. The van der Waals surface area contributed by atoms with E-state index in [-0.39, 0.29) is 5.56 Å². The fourth-order valence-electron chi connectivity index (χ4n) is 2.10.